The summed E-state index contributed by atoms with van der Waals surface area (Å²) in [6.45, 7) is 5.55. The van der Waals surface area contributed by atoms with Crippen LogP contribution < -0.4 is 10.6 Å². The number of carbonyl (C=O) groups excluding carboxylic acids is 4. The maximum absolute atomic E-state index is 12.6. The highest BCUT2D eigenvalue weighted by Crippen LogP contribution is 2.29. The zero-order valence-corrected chi connectivity index (χ0v) is 20.5. The van der Waals surface area contributed by atoms with Gasteiger partial charge in [0.15, 0.2) is 0 Å². The molecule has 2 aromatic carbocycles. The van der Waals surface area contributed by atoms with Gasteiger partial charge in [-0.3, -0.25) is 19.3 Å². The summed E-state index contributed by atoms with van der Waals surface area (Å²) in [7, 11) is 0. The number of morpholine rings is 1. The second-order valence-electron chi connectivity index (χ2n) is 8.54. The number of anilines is 1. The zero-order chi connectivity index (χ0) is 24.9. The second kappa shape index (κ2) is 10.9. The van der Waals surface area contributed by atoms with Gasteiger partial charge in [-0.05, 0) is 61.4 Å². The Hall–Kier alpha value is -3.37. The second-order valence-corrected chi connectivity index (χ2v) is 9.69. The Morgan fingerprint density at radius 1 is 1.03 bits per heavy atom. The minimum atomic E-state index is -0.965. The predicted octanol–water partition coefficient (Wildman–Crippen LogP) is 2.56. The molecule has 2 heterocycles. The molecule has 10 heteroatoms. The van der Waals surface area contributed by atoms with Crippen molar-refractivity contribution in [3.05, 3.63) is 53.6 Å². The molecule has 2 fully saturated rings. The first-order valence-corrected chi connectivity index (χ1v) is 12.2. The molecule has 2 saturated heterocycles. The number of amides is 5. The number of rotatable bonds is 7. The third-order valence-electron chi connectivity index (χ3n) is 6.00. The quantitative estimate of drug-likeness (QED) is 0.571. The van der Waals surface area contributed by atoms with Gasteiger partial charge in [0, 0.05) is 28.6 Å². The van der Waals surface area contributed by atoms with E-state index in [-0.39, 0.29) is 12.3 Å². The van der Waals surface area contributed by atoms with Crippen LogP contribution in [0, 0.1) is 13.8 Å². The van der Waals surface area contributed by atoms with Crippen molar-refractivity contribution in [2.45, 2.75) is 36.1 Å². The van der Waals surface area contributed by atoms with Crippen molar-refractivity contribution in [2.24, 2.45) is 0 Å². The molecular weight excluding hydrogens is 468 g/mol. The lowest BCUT2D eigenvalue weighted by atomic mass is 10.1. The Balaban J connectivity index is 1.29. The van der Waals surface area contributed by atoms with Gasteiger partial charge in [-0.1, -0.05) is 17.8 Å². The van der Waals surface area contributed by atoms with Crippen LogP contribution in [0.25, 0.3) is 0 Å². The SMILES string of the molecule is Cc1ccc(Sc2ccc(NC(=O)CN3C(=O)N[C@H](CC(=O)N4CCOCC4)C3=O)cc2)cc1C. The molecule has 0 bridgehead atoms. The number of benzene rings is 2. The fourth-order valence-corrected chi connectivity index (χ4v) is 4.76. The number of hydrogen-bond donors (Lipinski definition) is 2. The Morgan fingerprint density at radius 2 is 1.71 bits per heavy atom. The van der Waals surface area contributed by atoms with Crippen LogP contribution in [-0.4, -0.2) is 72.4 Å². The van der Waals surface area contributed by atoms with Gasteiger partial charge in [-0.2, -0.15) is 0 Å². The smallest absolute Gasteiger partial charge is 0.325 e. The molecule has 2 aromatic rings. The van der Waals surface area contributed by atoms with Crippen LogP contribution in [-0.2, 0) is 19.1 Å². The van der Waals surface area contributed by atoms with Gasteiger partial charge >= 0.3 is 6.03 Å². The van der Waals surface area contributed by atoms with E-state index >= 15 is 0 Å². The number of aryl methyl sites for hydroxylation is 2. The highest BCUT2D eigenvalue weighted by Gasteiger charge is 2.40. The number of nitrogens with zero attached hydrogens (tertiary/aromatic N) is 2. The monoisotopic (exact) mass is 496 g/mol. The molecule has 0 unspecified atom stereocenters. The topological polar surface area (TPSA) is 108 Å². The van der Waals surface area contributed by atoms with Crippen LogP contribution in [0.15, 0.2) is 52.3 Å². The Morgan fingerprint density at radius 3 is 2.40 bits per heavy atom. The van der Waals surface area contributed by atoms with E-state index in [0.29, 0.717) is 32.0 Å². The largest absolute Gasteiger partial charge is 0.378 e. The van der Waals surface area contributed by atoms with Crippen molar-refractivity contribution in [2.75, 3.05) is 38.2 Å². The summed E-state index contributed by atoms with van der Waals surface area (Å²) >= 11 is 1.62. The van der Waals surface area contributed by atoms with E-state index in [1.54, 1.807) is 28.8 Å². The Bertz CT molecular complexity index is 1130. The molecule has 35 heavy (non-hydrogen) atoms. The zero-order valence-electron chi connectivity index (χ0n) is 19.7. The van der Waals surface area contributed by atoms with Crippen LogP contribution in [0.5, 0.6) is 0 Å². The van der Waals surface area contributed by atoms with Crippen molar-refractivity contribution < 1.29 is 23.9 Å². The fourth-order valence-electron chi connectivity index (χ4n) is 3.85. The lowest BCUT2D eigenvalue weighted by Crippen LogP contribution is -2.44. The lowest BCUT2D eigenvalue weighted by molar-refractivity contribution is -0.138. The molecule has 4 rings (SSSR count). The van der Waals surface area contributed by atoms with Crippen LogP contribution in [0.2, 0.25) is 0 Å². The third kappa shape index (κ3) is 6.20. The number of urea groups is 1. The molecule has 0 spiro atoms. The van der Waals surface area contributed by atoms with E-state index in [0.717, 1.165) is 14.7 Å². The standard InChI is InChI=1S/C25H28N4O5S/c1-16-3-6-20(13-17(16)2)35-19-7-4-18(5-8-19)26-22(30)15-29-24(32)21(27-25(29)33)14-23(31)28-9-11-34-12-10-28/h3-8,13,21H,9-12,14-15H2,1-2H3,(H,26,30)(H,27,33)/t21-/m1/s1. The number of imide groups is 1. The van der Waals surface area contributed by atoms with Crippen LogP contribution in [0.3, 0.4) is 0 Å². The molecule has 0 aromatic heterocycles. The summed E-state index contributed by atoms with van der Waals surface area (Å²) in [5, 5.41) is 5.22. The molecular formula is C25H28N4O5S. The third-order valence-corrected chi connectivity index (χ3v) is 7.00. The van der Waals surface area contributed by atoms with Gasteiger partial charge < -0.3 is 20.3 Å². The molecule has 184 valence electrons. The fraction of sp³-hybridized carbons (Fsp3) is 0.360. The van der Waals surface area contributed by atoms with Gasteiger partial charge in [0.1, 0.15) is 12.6 Å². The first kappa shape index (κ1) is 24.7. The Kier molecular flexibility index (Phi) is 7.72. The van der Waals surface area contributed by atoms with Crippen molar-refractivity contribution >= 4 is 41.2 Å². The normalized spacial score (nSPS) is 17.9. The first-order chi connectivity index (χ1) is 16.8. The van der Waals surface area contributed by atoms with Crippen molar-refractivity contribution in [3.8, 4) is 0 Å². The maximum atomic E-state index is 12.6. The molecule has 1 atom stereocenters. The number of nitrogens with one attached hydrogen (secondary N) is 2. The average molecular weight is 497 g/mol. The summed E-state index contributed by atoms with van der Waals surface area (Å²) in [5.74, 6) is -1.30. The Labute approximate surface area is 208 Å². The van der Waals surface area contributed by atoms with Crippen molar-refractivity contribution in [1.82, 2.24) is 15.1 Å². The van der Waals surface area contributed by atoms with Crippen LogP contribution >= 0.6 is 11.8 Å². The number of hydrogen-bond acceptors (Lipinski definition) is 6. The number of ether oxygens (including phenoxy) is 1. The molecule has 0 aliphatic carbocycles. The molecule has 2 N–H and O–H groups in total. The summed E-state index contributed by atoms with van der Waals surface area (Å²) in [4.78, 5) is 54.4. The van der Waals surface area contributed by atoms with Crippen molar-refractivity contribution in [1.29, 1.82) is 0 Å². The van der Waals surface area contributed by atoms with E-state index in [1.165, 1.54) is 11.1 Å². The van der Waals surface area contributed by atoms with E-state index < -0.39 is 30.4 Å². The minimum Gasteiger partial charge on any atom is -0.378 e. The molecule has 2 aliphatic heterocycles. The van der Waals surface area contributed by atoms with Gasteiger partial charge in [-0.25, -0.2) is 4.79 Å². The predicted molar refractivity (Wildman–Crippen MR) is 131 cm³/mol. The van der Waals surface area contributed by atoms with E-state index in [9.17, 15) is 19.2 Å². The summed E-state index contributed by atoms with van der Waals surface area (Å²) < 4.78 is 5.22. The summed E-state index contributed by atoms with van der Waals surface area (Å²) in [6.07, 6.45) is -0.137. The van der Waals surface area contributed by atoms with Gasteiger partial charge in [0.05, 0.1) is 19.6 Å². The molecule has 2 aliphatic rings. The highest BCUT2D eigenvalue weighted by molar-refractivity contribution is 7.99. The molecule has 5 amide bonds. The average Bonchev–Trinajstić information content (AvgIpc) is 3.10. The first-order valence-electron chi connectivity index (χ1n) is 11.4. The molecule has 0 saturated carbocycles. The highest BCUT2D eigenvalue weighted by atomic mass is 32.2. The van der Waals surface area contributed by atoms with E-state index in [1.807, 2.05) is 12.1 Å². The minimum absolute atomic E-state index is 0.137. The van der Waals surface area contributed by atoms with Crippen LogP contribution in [0.4, 0.5) is 10.5 Å². The summed E-state index contributed by atoms with van der Waals surface area (Å²) in [5.41, 5.74) is 3.03. The maximum Gasteiger partial charge on any atom is 0.325 e. The van der Waals surface area contributed by atoms with Crippen LogP contribution in [0.1, 0.15) is 17.5 Å². The number of carbonyl (C=O) groups is 4. The molecule has 9 nitrogen and oxygen atoms in total. The van der Waals surface area contributed by atoms with E-state index in [2.05, 4.69) is 42.7 Å². The summed E-state index contributed by atoms with van der Waals surface area (Å²) in [6, 6.07) is 12.0. The van der Waals surface area contributed by atoms with Crippen molar-refractivity contribution in [3.63, 3.8) is 0 Å². The van der Waals surface area contributed by atoms with Gasteiger partial charge in [-0.15, -0.1) is 0 Å². The van der Waals surface area contributed by atoms with Gasteiger partial charge in [0.2, 0.25) is 11.8 Å². The van der Waals surface area contributed by atoms with Gasteiger partial charge in [0.25, 0.3) is 5.91 Å². The lowest BCUT2D eigenvalue weighted by Gasteiger charge is -2.27. The molecule has 0 radical (unpaired) electrons. The van der Waals surface area contributed by atoms with E-state index in [4.69, 9.17) is 4.74 Å².